The maximum absolute atomic E-state index is 12.8. The van der Waals surface area contributed by atoms with Gasteiger partial charge in [0.25, 0.3) is 0 Å². The van der Waals surface area contributed by atoms with E-state index < -0.39 is 15.6 Å². The molecular formula is C16H28Cl2N4O3S. The van der Waals surface area contributed by atoms with Crippen molar-refractivity contribution in [1.29, 1.82) is 0 Å². The number of rotatable bonds is 5. The second-order valence-corrected chi connectivity index (χ2v) is 8.48. The summed E-state index contributed by atoms with van der Waals surface area (Å²) in [4.78, 5) is 14.4. The van der Waals surface area contributed by atoms with Crippen molar-refractivity contribution in [2.24, 2.45) is 5.73 Å². The zero-order valence-electron chi connectivity index (χ0n) is 15.3. The lowest BCUT2D eigenvalue weighted by molar-refractivity contribution is -0.120. The van der Waals surface area contributed by atoms with Gasteiger partial charge in [0.2, 0.25) is 15.9 Å². The minimum Gasteiger partial charge on any atom is -0.324 e. The number of carbonyl (C=O) groups is 1. The third-order valence-corrected chi connectivity index (χ3v) is 5.99. The van der Waals surface area contributed by atoms with E-state index in [1.807, 2.05) is 0 Å². The number of likely N-dealkylation sites (N-methyl/N-ethyl adjacent to an activating group) is 1. The Kier molecular flexibility index (Phi) is 9.53. The Morgan fingerprint density at radius 2 is 1.77 bits per heavy atom. The van der Waals surface area contributed by atoms with Gasteiger partial charge in [-0.2, -0.15) is 4.31 Å². The van der Waals surface area contributed by atoms with Crippen molar-refractivity contribution in [2.75, 3.05) is 38.0 Å². The third-order valence-electron chi connectivity index (χ3n) is 4.09. The summed E-state index contributed by atoms with van der Waals surface area (Å²) in [6, 6.07) is 6.29. The van der Waals surface area contributed by atoms with E-state index in [0.29, 0.717) is 18.8 Å². The summed E-state index contributed by atoms with van der Waals surface area (Å²) in [6.07, 6.45) is 0. The van der Waals surface area contributed by atoms with Crippen LogP contribution in [0.25, 0.3) is 0 Å². The molecule has 10 heteroatoms. The highest BCUT2D eigenvalue weighted by Crippen LogP contribution is 2.21. The predicted molar refractivity (Wildman–Crippen MR) is 109 cm³/mol. The first-order valence-electron chi connectivity index (χ1n) is 8.07. The molecule has 150 valence electrons. The lowest BCUT2D eigenvalue weighted by Gasteiger charge is -2.33. The van der Waals surface area contributed by atoms with Gasteiger partial charge in [-0.05, 0) is 38.6 Å². The zero-order chi connectivity index (χ0) is 18.0. The van der Waals surface area contributed by atoms with Crippen LogP contribution in [0.15, 0.2) is 29.2 Å². The molecule has 26 heavy (non-hydrogen) atoms. The average Bonchev–Trinajstić information content (AvgIpc) is 2.54. The first-order chi connectivity index (χ1) is 11.1. The standard InChI is InChI=1S/C16H26N4O3S.2ClH/c1-4-19-8-10-20(11-9-19)24(22,23)14-7-5-6-13(12-14)18-15(21)16(2,3)17;;/h5-7,12H,4,8-11,17H2,1-3H3,(H,18,21);2*1H. The van der Waals surface area contributed by atoms with E-state index in [1.165, 1.54) is 10.4 Å². The van der Waals surface area contributed by atoms with Crippen LogP contribution in [0.5, 0.6) is 0 Å². The van der Waals surface area contributed by atoms with E-state index in [9.17, 15) is 13.2 Å². The number of piperazine rings is 1. The molecule has 7 nitrogen and oxygen atoms in total. The Bertz CT molecular complexity index is 700. The van der Waals surface area contributed by atoms with E-state index in [4.69, 9.17) is 5.73 Å². The summed E-state index contributed by atoms with van der Waals surface area (Å²) < 4.78 is 27.1. The molecule has 0 saturated carbocycles. The van der Waals surface area contributed by atoms with E-state index in [1.54, 1.807) is 32.0 Å². The summed E-state index contributed by atoms with van der Waals surface area (Å²) in [6.45, 7) is 8.58. The Labute approximate surface area is 168 Å². The van der Waals surface area contributed by atoms with Gasteiger partial charge in [0.15, 0.2) is 0 Å². The topological polar surface area (TPSA) is 95.7 Å². The van der Waals surface area contributed by atoms with Gasteiger partial charge in [-0.3, -0.25) is 4.79 Å². The van der Waals surface area contributed by atoms with Crippen molar-refractivity contribution < 1.29 is 13.2 Å². The number of carbonyl (C=O) groups excluding carboxylic acids is 1. The fourth-order valence-electron chi connectivity index (χ4n) is 2.46. The third kappa shape index (κ3) is 6.07. The van der Waals surface area contributed by atoms with Crippen LogP contribution in [0.3, 0.4) is 0 Å². The minimum absolute atomic E-state index is 0. The molecule has 2 rings (SSSR count). The Hall–Kier alpha value is -0.900. The van der Waals surface area contributed by atoms with Crippen molar-refractivity contribution >= 4 is 46.4 Å². The quantitative estimate of drug-likeness (QED) is 0.743. The molecule has 0 bridgehead atoms. The van der Waals surface area contributed by atoms with Crippen LogP contribution in [-0.2, 0) is 14.8 Å². The van der Waals surface area contributed by atoms with E-state index in [-0.39, 0.29) is 35.6 Å². The van der Waals surface area contributed by atoms with Gasteiger partial charge in [0, 0.05) is 31.9 Å². The highest BCUT2D eigenvalue weighted by Gasteiger charge is 2.28. The van der Waals surface area contributed by atoms with Crippen molar-refractivity contribution in [2.45, 2.75) is 31.2 Å². The average molecular weight is 427 g/mol. The fraction of sp³-hybridized carbons (Fsp3) is 0.562. The number of nitrogens with one attached hydrogen (secondary N) is 1. The van der Waals surface area contributed by atoms with Crippen LogP contribution in [-0.4, -0.2) is 61.8 Å². The van der Waals surface area contributed by atoms with Crippen LogP contribution in [0.4, 0.5) is 5.69 Å². The predicted octanol–water partition coefficient (Wildman–Crippen LogP) is 1.53. The molecule has 3 N–H and O–H groups in total. The zero-order valence-corrected chi connectivity index (χ0v) is 17.7. The molecule has 0 spiro atoms. The molecule has 1 amide bonds. The highest BCUT2D eigenvalue weighted by atomic mass is 35.5. The van der Waals surface area contributed by atoms with Crippen LogP contribution < -0.4 is 11.1 Å². The van der Waals surface area contributed by atoms with Crippen molar-refractivity contribution in [3.63, 3.8) is 0 Å². The number of nitrogens with zero attached hydrogens (tertiary/aromatic N) is 2. The maximum Gasteiger partial charge on any atom is 0.243 e. The number of sulfonamides is 1. The minimum atomic E-state index is -3.56. The molecule has 1 heterocycles. The summed E-state index contributed by atoms with van der Waals surface area (Å²) in [5.41, 5.74) is 5.14. The number of anilines is 1. The summed E-state index contributed by atoms with van der Waals surface area (Å²) in [7, 11) is -3.56. The number of halogens is 2. The second-order valence-electron chi connectivity index (χ2n) is 6.54. The Balaban J connectivity index is 0.00000312. The molecule has 1 fully saturated rings. The molecule has 1 saturated heterocycles. The Morgan fingerprint density at radius 3 is 2.27 bits per heavy atom. The molecular weight excluding hydrogens is 399 g/mol. The molecule has 1 aliphatic rings. The molecule has 1 aromatic carbocycles. The number of hydrogen-bond acceptors (Lipinski definition) is 5. The van der Waals surface area contributed by atoms with Gasteiger partial charge in [0.1, 0.15) is 0 Å². The maximum atomic E-state index is 12.8. The Morgan fingerprint density at radius 1 is 1.19 bits per heavy atom. The lowest BCUT2D eigenvalue weighted by atomic mass is 10.1. The molecule has 0 aromatic heterocycles. The molecule has 0 radical (unpaired) electrons. The normalized spacial score (nSPS) is 16.3. The van der Waals surface area contributed by atoms with E-state index in [0.717, 1.165) is 19.6 Å². The van der Waals surface area contributed by atoms with Gasteiger partial charge in [0.05, 0.1) is 10.4 Å². The number of nitrogens with two attached hydrogens (primary N) is 1. The number of amides is 1. The fourth-order valence-corrected chi connectivity index (χ4v) is 3.93. The van der Waals surface area contributed by atoms with Crippen LogP contribution >= 0.6 is 24.8 Å². The SMILES string of the molecule is CCN1CCN(S(=O)(=O)c2cccc(NC(=O)C(C)(C)N)c2)CC1.Cl.Cl. The van der Waals surface area contributed by atoms with E-state index in [2.05, 4.69) is 17.1 Å². The molecule has 1 aliphatic heterocycles. The molecule has 0 unspecified atom stereocenters. The van der Waals surface area contributed by atoms with Crippen molar-refractivity contribution in [1.82, 2.24) is 9.21 Å². The second kappa shape index (κ2) is 9.87. The molecule has 1 aromatic rings. The molecule has 0 aliphatic carbocycles. The summed E-state index contributed by atoms with van der Waals surface area (Å²) in [5.74, 6) is -0.367. The van der Waals surface area contributed by atoms with E-state index >= 15 is 0 Å². The summed E-state index contributed by atoms with van der Waals surface area (Å²) >= 11 is 0. The van der Waals surface area contributed by atoms with Gasteiger partial charge in [-0.25, -0.2) is 8.42 Å². The van der Waals surface area contributed by atoms with Gasteiger partial charge in [-0.15, -0.1) is 24.8 Å². The lowest BCUT2D eigenvalue weighted by Crippen LogP contribution is -2.48. The van der Waals surface area contributed by atoms with Crippen LogP contribution in [0.1, 0.15) is 20.8 Å². The summed E-state index contributed by atoms with van der Waals surface area (Å²) in [5, 5.41) is 2.66. The number of benzene rings is 1. The van der Waals surface area contributed by atoms with Crippen LogP contribution in [0.2, 0.25) is 0 Å². The number of hydrogen-bond donors (Lipinski definition) is 2. The van der Waals surface area contributed by atoms with Crippen LogP contribution in [0, 0.1) is 0 Å². The van der Waals surface area contributed by atoms with Gasteiger partial charge >= 0.3 is 0 Å². The largest absolute Gasteiger partial charge is 0.324 e. The monoisotopic (exact) mass is 426 g/mol. The van der Waals surface area contributed by atoms with Gasteiger partial charge < -0.3 is 16.0 Å². The highest BCUT2D eigenvalue weighted by molar-refractivity contribution is 7.89. The van der Waals surface area contributed by atoms with Crippen molar-refractivity contribution in [3.8, 4) is 0 Å². The first kappa shape index (κ1) is 25.1. The van der Waals surface area contributed by atoms with Crippen molar-refractivity contribution in [3.05, 3.63) is 24.3 Å². The first-order valence-corrected chi connectivity index (χ1v) is 9.51. The smallest absolute Gasteiger partial charge is 0.243 e. The van der Waals surface area contributed by atoms with Gasteiger partial charge in [-0.1, -0.05) is 13.0 Å². The molecule has 0 atom stereocenters.